The molecule has 1 aromatic heterocycles. The minimum Gasteiger partial charge on any atom is -0.451 e. The first-order valence-corrected chi connectivity index (χ1v) is 6.16. The van der Waals surface area contributed by atoms with Crippen LogP contribution in [0.1, 0.15) is 24.3 Å². The van der Waals surface area contributed by atoms with Gasteiger partial charge in [0, 0.05) is 26.3 Å². The molecule has 0 aromatic carbocycles. The second-order valence-corrected chi connectivity index (χ2v) is 4.45. The summed E-state index contributed by atoms with van der Waals surface area (Å²) in [5, 5.41) is 0. The van der Waals surface area contributed by atoms with E-state index in [1.165, 1.54) is 0 Å². The summed E-state index contributed by atoms with van der Waals surface area (Å²) in [6.45, 7) is 8.30. The molecule has 1 amide bonds. The van der Waals surface area contributed by atoms with Gasteiger partial charge in [-0.1, -0.05) is 12.2 Å². The Bertz CT molecular complexity index is 477. The number of amides is 1. The molecule has 0 aliphatic heterocycles. The SMILES string of the molecule is C=C(C)CN(CC)C(=O)COC(=O)c1cccn1C. The number of hydrogen-bond acceptors (Lipinski definition) is 3. The van der Waals surface area contributed by atoms with E-state index in [2.05, 4.69) is 6.58 Å². The summed E-state index contributed by atoms with van der Waals surface area (Å²) in [4.78, 5) is 25.2. The van der Waals surface area contributed by atoms with Crippen molar-refractivity contribution in [2.24, 2.45) is 7.05 Å². The summed E-state index contributed by atoms with van der Waals surface area (Å²) in [7, 11) is 1.75. The van der Waals surface area contributed by atoms with Gasteiger partial charge in [-0.15, -0.1) is 0 Å². The number of aryl methyl sites for hydroxylation is 1. The molecule has 19 heavy (non-hydrogen) atoms. The molecule has 0 atom stereocenters. The average Bonchev–Trinajstić information content (AvgIpc) is 2.78. The number of ether oxygens (including phenoxy) is 1. The van der Waals surface area contributed by atoms with Gasteiger partial charge in [0.2, 0.25) is 0 Å². The Labute approximate surface area is 113 Å². The number of esters is 1. The van der Waals surface area contributed by atoms with Gasteiger partial charge in [-0.25, -0.2) is 4.79 Å². The molecular weight excluding hydrogens is 244 g/mol. The molecular formula is C14H20N2O3. The summed E-state index contributed by atoms with van der Waals surface area (Å²) < 4.78 is 6.66. The van der Waals surface area contributed by atoms with Gasteiger partial charge < -0.3 is 14.2 Å². The van der Waals surface area contributed by atoms with Crippen molar-refractivity contribution in [2.45, 2.75) is 13.8 Å². The number of carbonyl (C=O) groups is 2. The number of carbonyl (C=O) groups excluding carboxylic acids is 2. The maximum absolute atomic E-state index is 11.9. The first-order chi connectivity index (χ1) is 8.95. The Balaban J connectivity index is 2.52. The first-order valence-electron chi connectivity index (χ1n) is 6.16. The zero-order chi connectivity index (χ0) is 14.4. The van der Waals surface area contributed by atoms with Gasteiger partial charge in [0.1, 0.15) is 5.69 Å². The molecule has 1 rings (SSSR count). The fourth-order valence-corrected chi connectivity index (χ4v) is 1.67. The van der Waals surface area contributed by atoms with E-state index in [0.717, 1.165) is 5.57 Å². The lowest BCUT2D eigenvalue weighted by molar-refractivity contribution is -0.133. The molecule has 0 saturated heterocycles. The third-order valence-corrected chi connectivity index (χ3v) is 2.67. The summed E-state index contributed by atoms with van der Waals surface area (Å²) >= 11 is 0. The van der Waals surface area contributed by atoms with Gasteiger partial charge >= 0.3 is 5.97 Å². The van der Waals surface area contributed by atoms with Gasteiger partial charge in [-0.2, -0.15) is 0 Å². The maximum atomic E-state index is 11.9. The van der Waals surface area contributed by atoms with Gasteiger partial charge in [0.25, 0.3) is 5.91 Å². The molecule has 0 aliphatic rings. The van der Waals surface area contributed by atoms with Crippen molar-refractivity contribution < 1.29 is 14.3 Å². The number of nitrogens with zero attached hydrogens (tertiary/aromatic N) is 2. The topological polar surface area (TPSA) is 51.5 Å². The van der Waals surface area contributed by atoms with Crippen LogP contribution < -0.4 is 0 Å². The van der Waals surface area contributed by atoms with E-state index < -0.39 is 5.97 Å². The highest BCUT2D eigenvalue weighted by Gasteiger charge is 2.16. The Morgan fingerprint density at radius 1 is 1.47 bits per heavy atom. The van der Waals surface area contributed by atoms with Crippen LogP contribution in [0.4, 0.5) is 0 Å². The molecule has 0 saturated carbocycles. The fraction of sp³-hybridized carbons (Fsp3) is 0.429. The zero-order valence-electron chi connectivity index (χ0n) is 11.7. The number of hydrogen-bond donors (Lipinski definition) is 0. The lowest BCUT2D eigenvalue weighted by Crippen LogP contribution is -2.35. The van der Waals surface area contributed by atoms with Gasteiger partial charge in [0.05, 0.1) is 0 Å². The Morgan fingerprint density at radius 2 is 2.16 bits per heavy atom. The second-order valence-electron chi connectivity index (χ2n) is 4.45. The van der Waals surface area contributed by atoms with Crippen molar-refractivity contribution >= 4 is 11.9 Å². The first kappa shape index (κ1) is 15.0. The third-order valence-electron chi connectivity index (χ3n) is 2.67. The molecule has 0 spiro atoms. The number of aromatic nitrogens is 1. The molecule has 104 valence electrons. The second kappa shape index (κ2) is 6.78. The Kier molecular flexibility index (Phi) is 5.36. The van der Waals surface area contributed by atoms with Crippen LogP contribution in [0.25, 0.3) is 0 Å². The lowest BCUT2D eigenvalue weighted by atomic mass is 10.3. The quantitative estimate of drug-likeness (QED) is 0.579. The monoisotopic (exact) mass is 264 g/mol. The van der Waals surface area contributed by atoms with Crippen LogP contribution >= 0.6 is 0 Å². The molecule has 1 aromatic rings. The van der Waals surface area contributed by atoms with E-state index in [9.17, 15) is 9.59 Å². The summed E-state index contributed by atoms with van der Waals surface area (Å²) in [6, 6.07) is 3.40. The third kappa shape index (κ3) is 4.28. The molecule has 5 heteroatoms. The normalized spacial score (nSPS) is 10.1. The van der Waals surface area contributed by atoms with Crippen LogP contribution in [0.15, 0.2) is 30.5 Å². The maximum Gasteiger partial charge on any atom is 0.355 e. The lowest BCUT2D eigenvalue weighted by Gasteiger charge is -2.20. The highest BCUT2D eigenvalue weighted by molar-refractivity contribution is 5.90. The molecule has 0 aliphatic carbocycles. The summed E-state index contributed by atoms with van der Waals surface area (Å²) in [5.74, 6) is -0.708. The summed E-state index contributed by atoms with van der Waals surface area (Å²) in [6.07, 6.45) is 1.75. The highest BCUT2D eigenvalue weighted by atomic mass is 16.5. The standard InChI is InChI=1S/C14H20N2O3/c1-5-16(9-11(2)3)13(17)10-19-14(18)12-7-6-8-15(12)4/h6-8H,2,5,9-10H2,1,3-4H3. The largest absolute Gasteiger partial charge is 0.451 e. The Hall–Kier alpha value is -2.04. The molecule has 5 nitrogen and oxygen atoms in total. The van der Waals surface area contributed by atoms with E-state index in [1.54, 1.807) is 34.8 Å². The molecule has 0 radical (unpaired) electrons. The van der Waals surface area contributed by atoms with Crippen molar-refractivity contribution in [2.75, 3.05) is 19.7 Å². The van der Waals surface area contributed by atoms with Crippen molar-refractivity contribution in [3.8, 4) is 0 Å². The van der Waals surface area contributed by atoms with Crippen molar-refractivity contribution in [1.82, 2.24) is 9.47 Å². The van der Waals surface area contributed by atoms with E-state index in [4.69, 9.17) is 4.74 Å². The molecule has 0 fully saturated rings. The molecule has 0 N–H and O–H groups in total. The predicted octanol–water partition coefficient (Wildman–Crippen LogP) is 1.61. The van der Waals surface area contributed by atoms with Gasteiger partial charge in [0.15, 0.2) is 6.61 Å². The van der Waals surface area contributed by atoms with Crippen molar-refractivity contribution in [3.05, 3.63) is 36.2 Å². The van der Waals surface area contributed by atoms with E-state index in [0.29, 0.717) is 18.8 Å². The van der Waals surface area contributed by atoms with E-state index >= 15 is 0 Å². The van der Waals surface area contributed by atoms with Crippen LogP contribution in [-0.2, 0) is 16.6 Å². The van der Waals surface area contributed by atoms with E-state index in [1.807, 2.05) is 13.8 Å². The van der Waals surface area contributed by atoms with Crippen LogP contribution in [0.3, 0.4) is 0 Å². The van der Waals surface area contributed by atoms with E-state index in [-0.39, 0.29) is 12.5 Å². The molecule has 0 bridgehead atoms. The van der Waals surface area contributed by atoms with Crippen molar-refractivity contribution in [3.63, 3.8) is 0 Å². The average molecular weight is 264 g/mol. The zero-order valence-corrected chi connectivity index (χ0v) is 11.7. The fourth-order valence-electron chi connectivity index (χ4n) is 1.67. The number of likely N-dealkylation sites (N-methyl/N-ethyl adjacent to an activating group) is 1. The van der Waals surface area contributed by atoms with Crippen molar-refractivity contribution in [1.29, 1.82) is 0 Å². The summed E-state index contributed by atoms with van der Waals surface area (Å²) in [5.41, 5.74) is 1.32. The Morgan fingerprint density at radius 3 is 2.63 bits per heavy atom. The number of rotatable bonds is 6. The molecule has 1 heterocycles. The van der Waals surface area contributed by atoms with Crippen LogP contribution in [-0.4, -0.2) is 41.0 Å². The van der Waals surface area contributed by atoms with Gasteiger partial charge in [-0.3, -0.25) is 4.79 Å². The van der Waals surface area contributed by atoms with Gasteiger partial charge in [-0.05, 0) is 26.0 Å². The minimum absolute atomic E-state index is 0.215. The highest BCUT2D eigenvalue weighted by Crippen LogP contribution is 2.03. The van der Waals surface area contributed by atoms with Crippen LogP contribution in [0.2, 0.25) is 0 Å². The predicted molar refractivity (Wildman–Crippen MR) is 72.8 cm³/mol. The smallest absolute Gasteiger partial charge is 0.355 e. The van der Waals surface area contributed by atoms with Crippen LogP contribution in [0, 0.1) is 0 Å². The minimum atomic E-state index is -0.493. The van der Waals surface area contributed by atoms with Crippen LogP contribution in [0.5, 0.6) is 0 Å². The molecule has 0 unspecified atom stereocenters.